The number of hydrogen-bond acceptors (Lipinski definition) is 5. The minimum absolute atomic E-state index is 0.226. The first-order valence-corrected chi connectivity index (χ1v) is 8.66. The zero-order chi connectivity index (χ0) is 20.5. The zero-order valence-corrected chi connectivity index (χ0v) is 15.1. The molecule has 0 unspecified atom stereocenters. The van der Waals surface area contributed by atoms with Gasteiger partial charge in [-0.2, -0.15) is 13.2 Å². The second-order valence-electron chi connectivity index (χ2n) is 6.62. The second-order valence-corrected chi connectivity index (χ2v) is 6.62. The number of aromatic nitrogens is 1. The average Bonchev–Trinajstić information content (AvgIpc) is 2.94. The SMILES string of the molecule is COc1ccc(C(=O)N2CCC(N3CC(=O)N(CC(F)(F)F)C3=O)CC2)cn1. The summed E-state index contributed by atoms with van der Waals surface area (Å²) in [5, 5.41) is 0. The summed E-state index contributed by atoms with van der Waals surface area (Å²) in [5.41, 5.74) is 0.392. The largest absolute Gasteiger partial charge is 0.481 e. The molecule has 0 N–H and O–H groups in total. The molecule has 4 amide bonds. The van der Waals surface area contributed by atoms with Crippen molar-refractivity contribution in [3.8, 4) is 5.88 Å². The number of likely N-dealkylation sites (tertiary alicyclic amines) is 1. The summed E-state index contributed by atoms with van der Waals surface area (Å²) in [6.07, 6.45) is -2.46. The number of urea groups is 1. The Bertz CT molecular complexity index is 761. The highest BCUT2D eigenvalue weighted by atomic mass is 19.4. The molecular weight excluding hydrogens is 381 g/mol. The number of ether oxygens (including phenoxy) is 1. The molecule has 2 aliphatic rings. The van der Waals surface area contributed by atoms with Crippen molar-refractivity contribution in [2.75, 3.05) is 33.3 Å². The van der Waals surface area contributed by atoms with E-state index in [0.717, 1.165) is 0 Å². The van der Waals surface area contributed by atoms with Crippen LogP contribution in [0.5, 0.6) is 5.88 Å². The molecule has 3 rings (SSSR count). The first kappa shape index (κ1) is 19.9. The van der Waals surface area contributed by atoms with Crippen molar-refractivity contribution in [1.82, 2.24) is 19.7 Å². The van der Waals surface area contributed by atoms with Crippen LogP contribution in [0.15, 0.2) is 18.3 Å². The van der Waals surface area contributed by atoms with Crippen molar-refractivity contribution < 1.29 is 32.3 Å². The number of methoxy groups -OCH3 is 1. The summed E-state index contributed by atoms with van der Waals surface area (Å²) in [5.74, 6) is -0.697. The lowest BCUT2D eigenvalue weighted by Crippen LogP contribution is -2.48. The number of rotatable bonds is 4. The van der Waals surface area contributed by atoms with Gasteiger partial charge >= 0.3 is 12.2 Å². The minimum atomic E-state index is -4.64. The van der Waals surface area contributed by atoms with Gasteiger partial charge in [0.1, 0.15) is 13.1 Å². The van der Waals surface area contributed by atoms with Crippen LogP contribution in [0, 0.1) is 0 Å². The van der Waals surface area contributed by atoms with Crippen LogP contribution < -0.4 is 4.74 Å². The number of piperidine rings is 1. The normalized spacial score (nSPS) is 18.8. The standard InChI is InChI=1S/C17H19F3N4O4/c1-28-13-3-2-11(8-21-13)15(26)22-6-4-12(5-7-22)23-9-14(25)24(16(23)27)10-17(18,19)20/h2-3,8,12H,4-7,9-10H2,1H3. The van der Waals surface area contributed by atoms with Crippen LogP contribution >= 0.6 is 0 Å². The predicted octanol–water partition coefficient (Wildman–Crippen LogP) is 1.52. The molecular formula is C17H19F3N4O4. The van der Waals surface area contributed by atoms with Gasteiger partial charge in [0.15, 0.2) is 0 Å². The van der Waals surface area contributed by atoms with E-state index in [2.05, 4.69) is 4.98 Å². The van der Waals surface area contributed by atoms with Gasteiger partial charge in [0.2, 0.25) is 5.88 Å². The monoisotopic (exact) mass is 400 g/mol. The maximum Gasteiger partial charge on any atom is 0.406 e. The Labute approximate surface area is 158 Å². The van der Waals surface area contributed by atoms with E-state index < -0.39 is 24.7 Å². The number of carbonyl (C=O) groups excluding carboxylic acids is 3. The van der Waals surface area contributed by atoms with Crippen LogP contribution in [0.3, 0.4) is 0 Å². The van der Waals surface area contributed by atoms with E-state index >= 15 is 0 Å². The quantitative estimate of drug-likeness (QED) is 0.716. The maximum atomic E-state index is 12.6. The van der Waals surface area contributed by atoms with Gasteiger partial charge < -0.3 is 14.5 Å². The van der Waals surface area contributed by atoms with E-state index in [1.54, 1.807) is 17.0 Å². The third-order valence-corrected chi connectivity index (χ3v) is 4.81. The Morgan fingerprint density at radius 1 is 1.25 bits per heavy atom. The lowest BCUT2D eigenvalue weighted by molar-refractivity contribution is -0.151. The lowest BCUT2D eigenvalue weighted by atomic mass is 10.0. The Morgan fingerprint density at radius 2 is 1.93 bits per heavy atom. The van der Waals surface area contributed by atoms with Crippen LogP contribution in [0.4, 0.5) is 18.0 Å². The van der Waals surface area contributed by atoms with Gasteiger partial charge in [-0.25, -0.2) is 9.78 Å². The smallest absolute Gasteiger partial charge is 0.406 e. The van der Waals surface area contributed by atoms with Crippen molar-refractivity contribution >= 4 is 17.8 Å². The molecule has 8 nitrogen and oxygen atoms in total. The summed E-state index contributed by atoms with van der Waals surface area (Å²) in [6.45, 7) is -1.29. The Balaban J connectivity index is 1.58. The molecule has 28 heavy (non-hydrogen) atoms. The predicted molar refractivity (Wildman–Crippen MR) is 89.6 cm³/mol. The van der Waals surface area contributed by atoms with E-state index in [1.165, 1.54) is 18.2 Å². The van der Waals surface area contributed by atoms with Gasteiger partial charge in [0.05, 0.1) is 12.7 Å². The maximum absolute atomic E-state index is 12.6. The van der Waals surface area contributed by atoms with Gasteiger partial charge in [-0.05, 0) is 18.9 Å². The number of carbonyl (C=O) groups is 3. The number of pyridine rings is 1. The Kier molecular flexibility index (Phi) is 5.43. The fourth-order valence-corrected chi connectivity index (χ4v) is 3.37. The highest BCUT2D eigenvalue weighted by Gasteiger charge is 2.45. The third kappa shape index (κ3) is 4.18. The summed E-state index contributed by atoms with van der Waals surface area (Å²) >= 11 is 0. The van der Waals surface area contributed by atoms with Gasteiger partial charge in [0, 0.05) is 31.4 Å². The molecule has 2 aliphatic heterocycles. The van der Waals surface area contributed by atoms with Crippen LogP contribution in [-0.2, 0) is 4.79 Å². The van der Waals surface area contributed by atoms with Crippen LogP contribution in [-0.4, -0.2) is 83.0 Å². The number of alkyl halides is 3. The highest BCUT2D eigenvalue weighted by molar-refractivity contribution is 6.02. The molecule has 1 aromatic rings. The number of nitrogens with zero attached hydrogens (tertiary/aromatic N) is 4. The average molecular weight is 400 g/mol. The number of halogens is 3. The molecule has 2 saturated heterocycles. The molecule has 0 bridgehead atoms. The van der Waals surface area contributed by atoms with Gasteiger partial charge in [-0.15, -0.1) is 0 Å². The molecule has 0 radical (unpaired) electrons. The van der Waals surface area contributed by atoms with Crippen molar-refractivity contribution in [3.05, 3.63) is 23.9 Å². The second kappa shape index (κ2) is 7.64. The van der Waals surface area contributed by atoms with E-state index in [-0.39, 0.29) is 23.4 Å². The molecule has 0 aromatic carbocycles. The molecule has 2 fully saturated rings. The van der Waals surface area contributed by atoms with Gasteiger partial charge in [0.25, 0.3) is 11.8 Å². The first-order chi connectivity index (χ1) is 13.2. The molecule has 0 spiro atoms. The van der Waals surface area contributed by atoms with E-state index in [9.17, 15) is 27.6 Å². The van der Waals surface area contributed by atoms with E-state index in [0.29, 0.717) is 37.4 Å². The van der Waals surface area contributed by atoms with Gasteiger partial charge in [-0.1, -0.05) is 0 Å². The van der Waals surface area contributed by atoms with Crippen LogP contribution in [0.2, 0.25) is 0 Å². The fourth-order valence-electron chi connectivity index (χ4n) is 3.37. The van der Waals surface area contributed by atoms with Crippen molar-refractivity contribution in [3.63, 3.8) is 0 Å². The topological polar surface area (TPSA) is 83.0 Å². The summed E-state index contributed by atoms with van der Waals surface area (Å²) in [6, 6.07) is 1.86. The molecule has 1 aromatic heterocycles. The number of imide groups is 1. The lowest BCUT2D eigenvalue weighted by Gasteiger charge is -2.36. The van der Waals surface area contributed by atoms with E-state index in [4.69, 9.17) is 4.74 Å². The summed E-state index contributed by atoms with van der Waals surface area (Å²) in [4.78, 5) is 43.5. The summed E-state index contributed by atoms with van der Waals surface area (Å²) in [7, 11) is 1.47. The third-order valence-electron chi connectivity index (χ3n) is 4.81. The Morgan fingerprint density at radius 3 is 2.46 bits per heavy atom. The molecule has 3 heterocycles. The molecule has 0 atom stereocenters. The minimum Gasteiger partial charge on any atom is -0.481 e. The van der Waals surface area contributed by atoms with Crippen molar-refractivity contribution in [2.45, 2.75) is 25.1 Å². The van der Waals surface area contributed by atoms with Crippen molar-refractivity contribution in [2.24, 2.45) is 0 Å². The van der Waals surface area contributed by atoms with E-state index in [1.807, 2.05) is 0 Å². The Hall–Kier alpha value is -2.85. The highest BCUT2D eigenvalue weighted by Crippen LogP contribution is 2.26. The van der Waals surface area contributed by atoms with Crippen LogP contribution in [0.25, 0.3) is 0 Å². The molecule has 11 heteroatoms. The molecule has 0 saturated carbocycles. The number of amides is 4. The first-order valence-electron chi connectivity index (χ1n) is 8.66. The number of hydrogen-bond donors (Lipinski definition) is 0. The zero-order valence-electron chi connectivity index (χ0n) is 15.1. The van der Waals surface area contributed by atoms with Gasteiger partial charge in [-0.3, -0.25) is 14.5 Å². The fraction of sp³-hybridized carbons (Fsp3) is 0.529. The summed E-state index contributed by atoms with van der Waals surface area (Å²) < 4.78 is 42.6. The molecule has 0 aliphatic carbocycles. The van der Waals surface area contributed by atoms with Crippen LogP contribution in [0.1, 0.15) is 23.2 Å². The van der Waals surface area contributed by atoms with Crippen molar-refractivity contribution in [1.29, 1.82) is 0 Å². The molecule has 152 valence electrons.